The van der Waals surface area contributed by atoms with Crippen molar-refractivity contribution in [3.8, 4) is 17.2 Å². The van der Waals surface area contributed by atoms with Gasteiger partial charge < -0.3 is 14.2 Å². The molecule has 7 heteroatoms. The van der Waals surface area contributed by atoms with E-state index in [4.69, 9.17) is 14.2 Å². The summed E-state index contributed by atoms with van der Waals surface area (Å²) >= 11 is 1.38. The Bertz CT molecular complexity index is 891. The summed E-state index contributed by atoms with van der Waals surface area (Å²) in [7, 11) is 4.62. The number of fused-ring (bicyclic) bond motifs is 1. The van der Waals surface area contributed by atoms with Crippen LogP contribution in [-0.4, -0.2) is 32.2 Å². The molecule has 1 heterocycles. The van der Waals surface area contributed by atoms with Crippen molar-refractivity contribution in [2.24, 2.45) is 0 Å². The molecule has 6 nitrogen and oxygen atoms in total. The second-order valence-corrected chi connectivity index (χ2v) is 5.85. The van der Waals surface area contributed by atoms with E-state index in [0.717, 1.165) is 10.2 Å². The van der Waals surface area contributed by atoms with E-state index in [9.17, 15) is 4.79 Å². The van der Waals surface area contributed by atoms with Gasteiger partial charge in [0.25, 0.3) is 5.91 Å². The molecule has 3 rings (SSSR count). The van der Waals surface area contributed by atoms with Crippen molar-refractivity contribution in [2.45, 2.75) is 0 Å². The number of hydrogen-bond acceptors (Lipinski definition) is 6. The molecule has 0 aliphatic heterocycles. The van der Waals surface area contributed by atoms with Crippen LogP contribution in [0.2, 0.25) is 0 Å². The highest BCUT2D eigenvalue weighted by Gasteiger charge is 2.18. The smallest absolute Gasteiger partial charge is 0.261 e. The summed E-state index contributed by atoms with van der Waals surface area (Å²) in [5.41, 5.74) is 1.10. The van der Waals surface area contributed by atoms with Crippen LogP contribution in [0.3, 0.4) is 0 Å². The Labute approximate surface area is 143 Å². The lowest BCUT2D eigenvalue weighted by atomic mass is 10.1. The molecule has 2 aromatic carbocycles. The van der Waals surface area contributed by atoms with E-state index in [-0.39, 0.29) is 5.91 Å². The van der Waals surface area contributed by atoms with Gasteiger partial charge in [-0.1, -0.05) is 23.5 Å². The van der Waals surface area contributed by atoms with E-state index in [2.05, 4.69) is 10.3 Å². The van der Waals surface area contributed by atoms with Crippen molar-refractivity contribution in [3.63, 3.8) is 0 Å². The summed E-state index contributed by atoms with van der Waals surface area (Å²) in [4.78, 5) is 17.0. The number of para-hydroxylation sites is 2. The van der Waals surface area contributed by atoms with Gasteiger partial charge in [-0.15, -0.1) is 0 Å². The molecule has 0 spiro atoms. The molecule has 0 bridgehead atoms. The monoisotopic (exact) mass is 344 g/mol. The number of aromatic nitrogens is 1. The Morgan fingerprint density at radius 1 is 1.00 bits per heavy atom. The van der Waals surface area contributed by atoms with Crippen LogP contribution >= 0.6 is 11.3 Å². The van der Waals surface area contributed by atoms with Gasteiger partial charge in [0.1, 0.15) is 11.3 Å². The summed E-state index contributed by atoms with van der Waals surface area (Å²) in [5, 5.41) is 3.29. The number of carbonyl (C=O) groups is 1. The third kappa shape index (κ3) is 2.85. The van der Waals surface area contributed by atoms with E-state index in [1.54, 1.807) is 25.3 Å². The summed E-state index contributed by atoms with van der Waals surface area (Å²) < 4.78 is 16.7. The number of rotatable bonds is 5. The Kier molecular flexibility index (Phi) is 4.52. The SMILES string of the molecule is COc1cccc(C(=O)Nc2nc3c(OC)cccc3s2)c1OC. The first-order valence-corrected chi connectivity index (χ1v) is 7.95. The van der Waals surface area contributed by atoms with E-state index < -0.39 is 0 Å². The number of nitrogens with one attached hydrogen (secondary N) is 1. The van der Waals surface area contributed by atoms with Gasteiger partial charge in [-0.05, 0) is 24.3 Å². The molecule has 0 atom stereocenters. The minimum absolute atomic E-state index is 0.316. The molecule has 0 fully saturated rings. The van der Waals surface area contributed by atoms with Crippen LogP contribution in [0.1, 0.15) is 10.4 Å². The quantitative estimate of drug-likeness (QED) is 0.766. The number of thiazole rings is 1. The van der Waals surface area contributed by atoms with Crippen LogP contribution in [0.4, 0.5) is 5.13 Å². The lowest BCUT2D eigenvalue weighted by molar-refractivity contribution is 0.102. The molecule has 1 amide bonds. The van der Waals surface area contributed by atoms with Crippen LogP contribution < -0.4 is 19.5 Å². The third-order valence-corrected chi connectivity index (χ3v) is 4.41. The van der Waals surface area contributed by atoms with Gasteiger partial charge in [0.05, 0.1) is 31.6 Å². The fraction of sp³-hybridized carbons (Fsp3) is 0.176. The van der Waals surface area contributed by atoms with Crippen molar-refractivity contribution in [3.05, 3.63) is 42.0 Å². The predicted molar refractivity (Wildman–Crippen MR) is 93.7 cm³/mol. The van der Waals surface area contributed by atoms with Crippen LogP contribution in [0.5, 0.6) is 17.2 Å². The lowest BCUT2D eigenvalue weighted by Crippen LogP contribution is -2.13. The molecule has 1 aromatic heterocycles. The number of carbonyl (C=O) groups excluding carboxylic acids is 1. The maximum atomic E-state index is 12.6. The van der Waals surface area contributed by atoms with Crippen LogP contribution in [0.15, 0.2) is 36.4 Å². The first-order valence-electron chi connectivity index (χ1n) is 7.13. The predicted octanol–water partition coefficient (Wildman–Crippen LogP) is 3.57. The molecule has 0 unspecified atom stereocenters. The number of nitrogens with zero attached hydrogens (tertiary/aromatic N) is 1. The standard InChI is InChI=1S/C17H16N2O4S/c1-21-11-7-5-9-13-14(11)18-17(24-13)19-16(20)10-6-4-8-12(22-2)15(10)23-3/h4-9H,1-3H3,(H,18,19,20). The molecule has 1 N–H and O–H groups in total. The molecule has 0 aliphatic carbocycles. The second kappa shape index (κ2) is 6.76. The van der Waals surface area contributed by atoms with Crippen molar-refractivity contribution in [1.29, 1.82) is 0 Å². The summed E-state index contributed by atoms with van der Waals surface area (Å²) in [5.74, 6) is 1.24. The number of anilines is 1. The molecule has 24 heavy (non-hydrogen) atoms. The number of ether oxygens (including phenoxy) is 3. The Morgan fingerprint density at radius 3 is 2.42 bits per heavy atom. The molecule has 0 saturated carbocycles. The molecule has 124 valence electrons. The van der Waals surface area contributed by atoms with Gasteiger partial charge in [-0.3, -0.25) is 10.1 Å². The molecule has 0 saturated heterocycles. The molecular formula is C17H16N2O4S. The van der Waals surface area contributed by atoms with E-state index >= 15 is 0 Å². The van der Waals surface area contributed by atoms with Crippen molar-refractivity contribution >= 4 is 32.6 Å². The molecular weight excluding hydrogens is 328 g/mol. The maximum absolute atomic E-state index is 12.6. The zero-order valence-corrected chi connectivity index (χ0v) is 14.3. The average Bonchev–Trinajstić information content (AvgIpc) is 3.02. The molecule has 0 radical (unpaired) electrons. The highest BCUT2D eigenvalue weighted by Crippen LogP contribution is 2.34. The highest BCUT2D eigenvalue weighted by atomic mass is 32.1. The van der Waals surface area contributed by atoms with E-state index in [1.807, 2.05) is 18.2 Å². The van der Waals surface area contributed by atoms with Crippen molar-refractivity contribution in [1.82, 2.24) is 4.98 Å². The minimum Gasteiger partial charge on any atom is -0.494 e. The van der Waals surface area contributed by atoms with Gasteiger partial charge in [-0.2, -0.15) is 0 Å². The Morgan fingerprint density at radius 2 is 1.71 bits per heavy atom. The topological polar surface area (TPSA) is 69.7 Å². The Balaban J connectivity index is 1.93. The van der Waals surface area contributed by atoms with E-state index in [0.29, 0.717) is 27.9 Å². The fourth-order valence-electron chi connectivity index (χ4n) is 2.37. The van der Waals surface area contributed by atoms with Crippen LogP contribution in [-0.2, 0) is 0 Å². The summed E-state index contributed by atoms with van der Waals surface area (Å²) in [6.45, 7) is 0. The second-order valence-electron chi connectivity index (χ2n) is 4.82. The highest BCUT2D eigenvalue weighted by molar-refractivity contribution is 7.22. The van der Waals surface area contributed by atoms with Gasteiger partial charge in [0.2, 0.25) is 0 Å². The van der Waals surface area contributed by atoms with Crippen molar-refractivity contribution < 1.29 is 19.0 Å². The number of benzene rings is 2. The third-order valence-electron chi connectivity index (χ3n) is 3.47. The van der Waals surface area contributed by atoms with Crippen molar-refractivity contribution in [2.75, 3.05) is 26.6 Å². The van der Waals surface area contributed by atoms with Gasteiger partial charge in [0.15, 0.2) is 16.6 Å². The lowest BCUT2D eigenvalue weighted by Gasteiger charge is -2.11. The number of amides is 1. The molecule has 0 aliphatic rings. The first kappa shape index (κ1) is 16.1. The van der Waals surface area contributed by atoms with Crippen LogP contribution in [0.25, 0.3) is 10.2 Å². The maximum Gasteiger partial charge on any atom is 0.261 e. The van der Waals surface area contributed by atoms with Gasteiger partial charge in [0, 0.05) is 0 Å². The first-order chi connectivity index (χ1) is 11.7. The minimum atomic E-state index is -0.316. The largest absolute Gasteiger partial charge is 0.494 e. The number of methoxy groups -OCH3 is 3. The zero-order chi connectivity index (χ0) is 17.1. The van der Waals surface area contributed by atoms with Gasteiger partial charge >= 0.3 is 0 Å². The number of hydrogen-bond donors (Lipinski definition) is 1. The van der Waals surface area contributed by atoms with Crippen LogP contribution in [0, 0.1) is 0 Å². The summed E-state index contributed by atoms with van der Waals surface area (Å²) in [6.07, 6.45) is 0. The normalized spacial score (nSPS) is 10.5. The fourth-order valence-corrected chi connectivity index (χ4v) is 3.25. The average molecular weight is 344 g/mol. The Hall–Kier alpha value is -2.80. The summed E-state index contributed by atoms with van der Waals surface area (Å²) in [6, 6.07) is 10.8. The van der Waals surface area contributed by atoms with Gasteiger partial charge in [-0.25, -0.2) is 4.98 Å². The van der Waals surface area contributed by atoms with E-state index in [1.165, 1.54) is 25.6 Å². The molecule has 3 aromatic rings. The zero-order valence-electron chi connectivity index (χ0n) is 13.5.